The van der Waals surface area contributed by atoms with Crippen LogP contribution < -0.4 is 18.9 Å². The van der Waals surface area contributed by atoms with E-state index in [2.05, 4.69) is 79.4 Å². The number of carbonyl (C=O) groups excluding carboxylic acids is 1. The lowest BCUT2D eigenvalue weighted by molar-refractivity contribution is 0.0507. The molecule has 4 aliphatic carbocycles. The molecular weight excluding hydrogens is 765 g/mol. The molecule has 0 atom stereocenters. The van der Waals surface area contributed by atoms with E-state index in [1.807, 2.05) is 0 Å². The van der Waals surface area contributed by atoms with E-state index >= 15 is 0 Å². The van der Waals surface area contributed by atoms with E-state index in [0.717, 1.165) is 82.0 Å². The van der Waals surface area contributed by atoms with Crippen LogP contribution in [0.4, 0.5) is 0 Å². The number of rotatable bonds is 15. The predicted octanol–water partition coefficient (Wildman–Crippen LogP) is 9.61. The van der Waals surface area contributed by atoms with Gasteiger partial charge in [0.2, 0.25) is 11.4 Å². The molecule has 2 aromatic carbocycles. The summed E-state index contributed by atoms with van der Waals surface area (Å²) in [7, 11) is 0. The topological polar surface area (TPSA) is 184 Å². The molecule has 2 heterocycles. The first-order valence-electron chi connectivity index (χ1n) is 22.4. The lowest BCUT2D eigenvalue weighted by Crippen LogP contribution is -2.24. The fourth-order valence-corrected chi connectivity index (χ4v) is 9.23. The van der Waals surface area contributed by atoms with Gasteiger partial charge in [0.15, 0.2) is 0 Å². The van der Waals surface area contributed by atoms with Gasteiger partial charge in [-0.25, -0.2) is 19.8 Å². The molecule has 14 heteroatoms. The van der Waals surface area contributed by atoms with Gasteiger partial charge in [0.05, 0.1) is 19.8 Å². The van der Waals surface area contributed by atoms with E-state index in [9.17, 15) is 9.59 Å². The molecule has 14 nitrogen and oxygen atoms in total. The number of hydrogen-bond acceptors (Lipinski definition) is 11. The Morgan fingerprint density at radius 2 is 1.00 bits per heavy atom. The van der Waals surface area contributed by atoms with Gasteiger partial charge < -0.3 is 28.8 Å². The second-order valence-corrected chi connectivity index (χ2v) is 17.0. The molecule has 0 aliphatic heterocycles. The molecule has 0 saturated heterocycles. The molecule has 0 amide bonds. The zero-order chi connectivity index (χ0) is 41.5. The average Bonchev–Trinajstić information content (AvgIpc) is 3.97. The fourth-order valence-electron chi connectivity index (χ4n) is 9.23. The van der Waals surface area contributed by atoms with E-state index in [4.69, 9.17) is 28.8 Å². The summed E-state index contributed by atoms with van der Waals surface area (Å²) in [5.41, 5.74) is 2.79. The second-order valence-electron chi connectivity index (χ2n) is 17.0. The van der Waals surface area contributed by atoms with E-state index in [1.54, 1.807) is 6.92 Å². The van der Waals surface area contributed by atoms with Crippen molar-refractivity contribution in [2.45, 2.75) is 147 Å². The van der Waals surface area contributed by atoms with Crippen molar-refractivity contribution >= 4 is 11.9 Å². The fraction of sp³-hybridized carbons (Fsp3) is 0.609. The minimum atomic E-state index is -1.11. The summed E-state index contributed by atoms with van der Waals surface area (Å²) in [5.74, 6) is 3.12. The number of carboxylic acid groups (broad SMARTS) is 1. The molecule has 4 aromatic rings. The monoisotopic (exact) mass is 826 g/mol. The Morgan fingerprint density at radius 1 is 0.583 bits per heavy atom. The maximum Gasteiger partial charge on any atom is 0.362 e. The third-order valence-corrected chi connectivity index (χ3v) is 12.8. The third kappa shape index (κ3) is 12.2. The van der Waals surface area contributed by atoms with Gasteiger partial charge in [0.25, 0.3) is 11.8 Å². The number of carboxylic acids is 1. The quantitative estimate of drug-likeness (QED) is 0.0966. The van der Waals surface area contributed by atoms with E-state index in [-0.39, 0.29) is 35.4 Å². The summed E-state index contributed by atoms with van der Waals surface area (Å²) in [5, 5.41) is 28.9. The normalized spacial score (nSPS) is 22.5. The van der Waals surface area contributed by atoms with Crippen LogP contribution >= 0.6 is 0 Å². The lowest BCUT2D eigenvalue weighted by Gasteiger charge is -2.28. The first-order valence-corrected chi connectivity index (χ1v) is 22.4. The van der Waals surface area contributed by atoms with E-state index in [1.165, 1.54) is 75.3 Å². The number of nitrogens with zero attached hydrogens (tertiary/aromatic N) is 4. The van der Waals surface area contributed by atoms with Crippen molar-refractivity contribution in [3.05, 3.63) is 71.0 Å². The Bertz CT molecular complexity index is 1890. The molecule has 4 aliphatic rings. The highest BCUT2D eigenvalue weighted by Crippen LogP contribution is 2.37. The second kappa shape index (κ2) is 21.9. The number of aromatic amines is 2. The minimum Gasteiger partial charge on any atom is -0.493 e. The van der Waals surface area contributed by atoms with Gasteiger partial charge in [-0.2, -0.15) is 0 Å². The van der Waals surface area contributed by atoms with Crippen molar-refractivity contribution < 1.29 is 38.4 Å². The van der Waals surface area contributed by atoms with Crippen LogP contribution in [-0.4, -0.2) is 79.9 Å². The Balaban J connectivity index is 0.000000182. The summed E-state index contributed by atoms with van der Waals surface area (Å²) in [6.07, 6.45) is 21.0. The van der Waals surface area contributed by atoms with E-state index < -0.39 is 11.9 Å². The van der Waals surface area contributed by atoms with Crippen molar-refractivity contribution in [3.63, 3.8) is 0 Å². The standard InChI is InChI=1S/C24H33N3O4.C22H29N3O4/c1-2-29-24(28)22-23(26-27-25-22)31-21-14-10-19(11-15-21)18-8-12-20(13-9-18)30-16-17-6-4-3-5-7-17;26-22(27)20-21(24-25-23-20)29-19-12-8-17(9-13-19)16-6-10-18(11-7-16)28-14-15-4-2-1-3-5-15/h8-9,12-13,17,19,21H,2-7,10-11,14-16H2,1H3,(H,25,26,27);6-7,10-11,15,17,19H,1-5,8-9,12-14H2,(H,26,27)(H,23,24,25). The predicted molar refractivity (Wildman–Crippen MR) is 224 cm³/mol. The van der Waals surface area contributed by atoms with Crippen molar-refractivity contribution in [1.29, 1.82) is 0 Å². The molecule has 4 fully saturated rings. The Hall–Kier alpha value is -5.14. The van der Waals surface area contributed by atoms with Gasteiger partial charge in [0.1, 0.15) is 23.7 Å². The molecule has 0 bridgehead atoms. The van der Waals surface area contributed by atoms with E-state index in [0.29, 0.717) is 24.4 Å². The van der Waals surface area contributed by atoms with Gasteiger partial charge in [0, 0.05) is 0 Å². The SMILES string of the molecule is CCOC(=O)c1[nH]nnc1OC1CCC(c2ccc(OCC3CCCCC3)cc2)CC1.O=C(O)c1[nH]nnc1OC1CCC(c2ccc(OCC3CCCCC3)cc2)CC1. The van der Waals surface area contributed by atoms with Crippen LogP contribution in [0, 0.1) is 11.8 Å². The average molecular weight is 827 g/mol. The van der Waals surface area contributed by atoms with Crippen LogP contribution in [-0.2, 0) is 4.74 Å². The molecular formula is C46H62N6O8. The Kier molecular flexibility index (Phi) is 15.7. The summed E-state index contributed by atoms with van der Waals surface area (Å²) in [4.78, 5) is 23.1. The lowest BCUT2D eigenvalue weighted by atomic mass is 9.83. The van der Waals surface area contributed by atoms with Crippen LogP contribution in [0.15, 0.2) is 48.5 Å². The number of hydrogen-bond donors (Lipinski definition) is 3. The number of H-pyrrole nitrogens is 2. The highest BCUT2D eigenvalue weighted by Gasteiger charge is 2.28. The molecule has 4 saturated carbocycles. The number of benzene rings is 2. The number of ether oxygens (including phenoxy) is 5. The molecule has 0 spiro atoms. The maximum atomic E-state index is 11.9. The third-order valence-electron chi connectivity index (χ3n) is 12.8. The van der Waals surface area contributed by atoms with Crippen molar-refractivity contribution in [2.75, 3.05) is 19.8 Å². The summed E-state index contributed by atoms with van der Waals surface area (Å²) in [6, 6.07) is 17.2. The van der Waals surface area contributed by atoms with Gasteiger partial charge >= 0.3 is 11.9 Å². The van der Waals surface area contributed by atoms with Gasteiger partial charge in [-0.05, 0) is 143 Å². The van der Waals surface area contributed by atoms with Gasteiger partial charge in [-0.1, -0.05) is 83.4 Å². The summed E-state index contributed by atoms with van der Waals surface area (Å²) < 4.78 is 28.8. The smallest absolute Gasteiger partial charge is 0.362 e. The molecule has 2 aromatic heterocycles. The largest absolute Gasteiger partial charge is 0.493 e. The minimum absolute atomic E-state index is 0.0208. The van der Waals surface area contributed by atoms with Crippen molar-refractivity contribution in [1.82, 2.24) is 30.8 Å². The molecule has 0 unspecified atom stereocenters. The Labute approximate surface area is 352 Å². The number of nitrogens with one attached hydrogen (secondary N) is 2. The van der Waals surface area contributed by atoms with Gasteiger partial charge in [-0.3, -0.25) is 0 Å². The van der Waals surface area contributed by atoms with Crippen LogP contribution in [0.3, 0.4) is 0 Å². The molecule has 8 rings (SSSR count). The zero-order valence-corrected chi connectivity index (χ0v) is 35.0. The number of esters is 1. The van der Waals surface area contributed by atoms with Crippen LogP contribution in [0.2, 0.25) is 0 Å². The highest BCUT2D eigenvalue weighted by atomic mass is 16.5. The summed E-state index contributed by atoms with van der Waals surface area (Å²) in [6.45, 7) is 3.74. The van der Waals surface area contributed by atoms with Crippen LogP contribution in [0.5, 0.6) is 23.3 Å². The molecule has 324 valence electrons. The molecule has 60 heavy (non-hydrogen) atoms. The molecule has 0 radical (unpaired) electrons. The number of aromatic nitrogens is 6. The first kappa shape index (κ1) is 43.0. The zero-order valence-electron chi connectivity index (χ0n) is 35.0. The van der Waals surface area contributed by atoms with Crippen LogP contribution in [0.1, 0.15) is 166 Å². The van der Waals surface area contributed by atoms with Gasteiger partial charge in [-0.15, -0.1) is 0 Å². The summed E-state index contributed by atoms with van der Waals surface area (Å²) >= 11 is 0. The van der Waals surface area contributed by atoms with Crippen molar-refractivity contribution in [3.8, 4) is 23.3 Å². The number of carbonyl (C=O) groups is 2. The maximum absolute atomic E-state index is 11.9. The van der Waals surface area contributed by atoms with Crippen molar-refractivity contribution in [2.24, 2.45) is 11.8 Å². The van der Waals surface area contributed by atoms with Crippen LogP contribution in [0.25, 0.3) is 0 Å². The first-order chi connectivity index (χ1) is 29.4. The number of aromatic carboxylic acids is 1. The molecule has 3 N–H and O–H groups in total. The highest BCUT2D eigenvalue weighted by molar-refractivity contribution is 5.89. The Morgan fingerprint density at radius 3 is 1.42 bits per heavy atom.